The van der Waals surface area contributed by atoms with Gasteiger partial charge in [0.05, 0.1) is 19.2 Å². The van der Waals surface area contributed by atoms with E-state index in [0.717, 1.165) is 5.57 Å². The Labute approximate surface area is 167 Å². The molecule has 0 aromatic heterocycles. The van der Waals surface area contributed by atoms with Gasteiger partial charge in [-0.25, -0.2) is 26.7 Å². The van der Waals surface area contributed by atoms with Crippen molar-refractivity contribution in [1.29, 1.82) is 0 Å². The number of hydrogen-bond donors (Lipinski definition) is 0. The number of nitrogens with zero attached hydrogens (tertiary/aromatic N) is 1. The van der Waals surface area contributed by atoms with Crippen LogP contribution in [-0.2, 0) is 16.1 Å². The largest absolute Gasteiger partial charge is 1.00 e. The van der Waals surface area contributed by atoms with Crippen LogP contribution in [0.4, 0.5) is 22.0 Å². The molecule has 0 saturated carbocycles. The van der Waals surface area contributed by atoms with Gasteiger partial charge in [0.25, 0.3) is 0 Å². The SMILES string of the molecule is C=C(C)C(=O)OCC[N+](C)(CC=C(C)C)Cc1c(F)c(F)c(F)c(F)c1F.[Cl-]. The Morgan fingerprint density at radius 3 is 1.89 bits per heavy atom. The zero-order valence-corrected chi connectivity index (χ0v) is 16.9. The molecule has 0 N–H and O–H groups in total. The zero-order chi connectivity index (χ0) is 20.9. The molecule has 158 valence electrons. The molecule has 0 heterocycles. The van der Waals surface area contributed by atoms with Crippen LogP contribution in [0.15, 0.2) is 23.8 Å². The molecule has 0 aliphatic carbocycles. The monoisotopic (exact) mass is 427 g/mol. The molecule has 0 amide bonds. The molecule has 1 aromatic rings. The van der Waals surface area contributed by atoms with Crippen molar-refractivity contribution in [3.8, 4) is 0 Å². The summed E-state index contributed by atoms with van der Waals surface area (Å²) in [5.41, 5.74) is 0.200. The van der Waals surface area contributed by atoms with E-state index in [1.807, 2.05) is 13.8 Å². The second kappa shape index (κ2) is 10.6. The van der Waals surface area contributed by atoms with Gasteiger partial charge >= 0.3 is 5.97 Å². The van der Waals surface area contributed by atoms with Crippen molar-refractivity contribution in [2.24, 2.45) is 0 Å². The van der Waals surface area contributed by atoms with Gasteiger partial charge in [0.2, 0.25) is 5.82 Å². The molecule has 0 spiro atoms. The summed E-state index contributed by atoms with van der Waals surface area (Å²) in [7, 11) is 1.58. The molecule has 9 heteroatoms. The van der Waals surface area contributed by atoms with Crippen molar-refractivity contribution in [2.75, 3.05) is 26.7 Å². The number of hydrogen-bond acceptors (Lipinski definition) is 2. The third-order valence-corrected chi connectivity index (χ3v) is 3.99. The van der Waals surface area contributed by atoms with Gasteiger partial charge in [0.15, 0.2) is 23.3 Å². The third-order valence-electron chi connectivity index (χ3n) is 3.99. The summed E-state index contributed by atoms with van der Waals surface area (Å²) in [6.07, 6.45) is 1.77. The lowest BCUT2D eigenvalue weighted by Crippen LogP contribution is -3.00. The van der Waals surface area contributed by atoms with Gasteiger partial charge in [-0.05, 0) is 26.8 Å². The number of likely N-dealkylation sites (N-methyl/N-ethyl adjacent to an activating group) is 1. The molecule has 1 atom stereocenters. The quantitative estimate of drug-likeness (QED) is 0.119. The average molecular weight is 428 g/mol. The smallest absolute Gasteiger partial charge is 0.333 e. The van der Waals surface area contributed by atoms with Crippen LogP contribution >= 0.6 is 0 Å². The van der Waals surface area contributed by atoms with Gasteiger partial charge in [-0.3, -0.25) is 0 Å². The molecule has 0 radical (unpaired) electrons. The van der Waals surface area contributed by atoms with E-state index in [0.29, 0.717) is 0 Å². The lowest BCUT2D eigenvalue weighted by Gasteiger charge is -2.34. The van der Waals surface area contributed by atoms with Crippen molar-refractivity contribution in [1.82, 2.24) is 0 Å². The fraction of sp³-hybridized carbons (Fsp3) is 0.421. The number of carbonyl (C=O) groups is 1. The molecule has 0 saturated heterocycles. The van der Waals surface area contributed by atoms with Crippen molar-refractivity contribution in [3.05, 3.63) is 58.5 Å². The predicted molar refractivity (Wildman–Crippen MR) is 91.1 cm³/mol. The number of esters is 1. The van der Waals surface area contributed by atoms with Crippen LogP contribution in [0.25, 0.3) is 0 Å². The van der Waals surface area contributed by atoms with E-state index in [4.69, 9.17) is 4.74 Å². The Hall–Kier alpha value is -1.93. The zero-order valence-electron chi connectivity index (χ0n) is 16.1. The molecule has 1 unspecified atom stereocenters. The number of carbonyl (C=O) groups excluding carboxylic acids is 1. The van der Waals surface area contributed by atoms with Crippen LogP contribution in [0.5, 0.6) is 0 Å². The second-order valence-electron chi connectivity index (χ2n) is 6.93. The first kappa shape index (κ1) is 26.1. The highest BCUT2D eigenvalue weighted by Gasteiger charge is 2.31. The summed E-state index contributed by atoms with van der Waals surface area (Å²) < 4.78 is 73.2. The Balaban J connectivity index is 0.00000729. The summed E-state index contributed by atoms with van der Waals surface area (Å²) in [5, 5.41) is 0. The van der Waals surface area contributed by atoms with Crippen molar-refractivity contribution < 1.29 is 48.4 Å². The highest BCUT2D eigenvalue weighted by Crippen LogP contribution is 2.26. The Morgan fingerprint density at radius 2 is 1.46 bits per heavy atom. The molecular weight excluding hydrogens is 405 g/mol. The molecular formula is C19H23ClF5NO2. The maximum Gasteiger partial charge on any atom is 0.333 e. The van der Waals surface area contributed by atoms with E-state index in [2.05, 4.69) is 6.58 Å². The first-order valence-corrected chi connectivity index (χ1v) is 8.19. The van der Waals surface area contributed by atoms with Gasteiger partial charge < -0.3 is 21.6 Å². The van der Waals surface area contributed by atoms with Gasteiger partial charge in [-0.1, -0.05) is 12.2 Å². The number of ether oxygens (including phenoxy) is 1. The van der Waals surface area contributed by atoms with Crippen LogP contribution in [0.1, 0.15) is 26.3 Å². The number of benzene rings is 1. The molecule has 0 aliphatic heterocycles. The maximum absolute atomic E-state index is 14.0. The highest BCUT2D eigenvalue weighted by molar-refractivity contribution is 5.86. The minimum Gasteiger partial charge on any atom is -1.00 e. The van der Waals surface area contributed by atoms with Gasteiger partial charge in [0.1, 0.15) is 19.7 Å². The first-order valence-electron chi connectivity index (χ1n) is 8.19. The summed E-state index contributed by atoms with van der Waals surface area (Å²) in [6, 6.07) is 0. The van der Waals surface area contributed by atoms with E-state index in [9.17, 15) is 26.7 Å². The van der Waals surface area contributed by atoms with Crippen molar-refractivity contribution in [2.45, 2.75) is 27.3 Å². The third kappa shape index (κ3) is 6.60. The summed E-state index contributed by atoms with van der Waals surface area (Å²) in [4.78, 5) is 11.5. The van der Waals surface area contributed by atoms with Gasteiger partial charge in [-0.2, -0.15) is 0 Å². The summed E-state index contributed by atoms with van der Waals surface area (Å²) in [6.45, 7) is 8.29. The number of halogens is 6. The van der Waals surface area contributed by atoms with Crippen molar-refractivity contribution >= 4 is 5.97 Å². The van der Waals surface area contributed by atoms with Gasteiger partial charge in [-0.15, -0.1) is 0 Å². The summed E-state index contributed by atoms with van der Waals surface area (Å²) >= 11 is 0. The fourth-order valence-electron chi connectivity index (χ4n) is 2.29. The molecule has 0 aliphatic rings. The van der Waals surface area contributed by atoms with E-state index < -0.39 is 47.2 Å². The Kier molecular flexibility index (Phi) is 9.84. The van der Waals surface area contributed by atoms with E-state index in [-0.39, 0.29) is 42.2 Å². The van der Waals surface area contributed by atoms with Gasteiger partial charge in [0, 0.05) is 5.57 Å². The lowest BCUT2D eigenvalue weighted by atomic mass is 10.1. The van der Waals surface area contributed by atoms with E-state index in [1.54, 1.807) is 13.1 Å². The van der Waals surface area contributed by atoms with E-state index in [1.165, 1.54) is 6.92 Å². The van der Waals surface area contributed by atoms with Crippen LogP contribution in [-0.4, -0.2) is 37.2 Å². The maximum atomic E-state index is 14.0. The molecule has 28 heavy (non-hydrogen) atoms. The van der Waals surface area contributed by atoms with E-state index >= 15 is 0 Å². The minimum absolute atomic E-state index is 0. The topological polar surface area (TPSA) is 26.3 Å². The molecule has 3 nitrogen and oxygen atoms in total. The average Bonchev–Trinajstić information content (AvgIpc) is 2.60. The lowest BCUT2D eigenvalue weighted by molar-refractivity contribution is -0.917. The second-order valence-corrected chi connectivity index (χ2v) is 6.93. The fourth-order valence-corrected chi connectivity index (χ4v) is 2.29. The Morgan fingerprint density at radius 1 is 1.00 bits per heavy atom. The minimum atomic E-state index is -2.19. The first-order chi connectivity index (χ1) is 12.4. The molecule has 1 aromatic carbocycles. The van der Waals surface area contributed by atoms with Crippen LogP contribution < -0.4 is 12.4 Å². The molecule has 0 bridgehead atoms. The number of allylic oxidation sites excluding steroid dienone is 1. The van der Waals surface area contributed by atoms with Crippen molar-refractivity contribution in [3.63, 3.8) is 0 Å². The molecule has 0 fully saturated rings. The predicted octanol–water partition coefficient (Wildman–Crippen LogP) is 1.42. The highest BCUT2D eigenvalue weighted by atomic mass is 35.5. The number of rotatable bonds is 8. The molecule has 1 rings (SSSR count). The summed E-state index contributed by atoms with van der Waals surface area (Å²) in [5.74, 6) is -10.5. The Bertz CT molecular complexity index is 749. The van der Waals surface area contributed by atoms with Crippen LogP contribution in [0.3, 0.4) is 0 Å². The number of quaternary nitrogens is 1. The normalized spacial score (nSPS) is 12.6. The standard InChI is InChI=1S/C19H23F5NO2.ClH/c1-11(2)6-7-25(5,8-9-27-19(26)12(3)4)10-13-14(20)16(22)18(24)17(23)15(13)21;/h6H,3,7-10H2,1-2,4-5H3;1H/q+1;/p-1. The van der Waals surface area contributed by atoms with Crippen LogP contribution in [0, 0.1) is 29.1 Å². The van der Waals surface area contributed by atoms with Crippen LogP contribution in [0.2, 0.25) is 0 Å².